The van der Waals surface area contributed by atoms with Crippen molar-refractivity contribution in [3.05, 3.63) is 24.3 Å². The molecule has 1 atom stereocenters. The fraction of sp³-hybridized carbons (Fsp3) is 0.667. The normalized spacial score (nSPS) is 25.8. The van der Waals surface area contributed by atoms with E-state index in [4.69, 9.17) is 4.74 Å². The van der Waals surface area contributed by atoms with Crippen molar-refractivity contribution in [3.63, 3.8) is 0 Å². The van der Waals surface area contributed by atoms with E-state index in [-0.39, 0.29) is 17.4 Å². The zero-order valence-corrected chi connectivity index (χ0v) is 14.4. The van der Waals surface area contributed by atoms with E-state index in [0.717, 1.165) is 38.8 Å². The lowest BCUT2D eigenvalue weighted by molar-refractivity contribution is -0.170. The second-order valence-corrected chi connectivity index (χ2v) is 7.45. The number of hydrogen-bond donors (Lipinski definition) is 0. The van der Waals surface area contributed by atoms with Crippen LogP contribution in [-0.4, -0.2) is 70.0 Å². The molecule has 7 heteroatoms. The summed E-state index contributed by atoms with van der Waals surface area (Å²) in [5.41, 5.74) is 0.190. The number of aromatic nitrogens is 2. The van der Waals surface area contributed by atoms with Crippen molar-refractivity contribution in [2.75, 3.05) is 32.8 Å². The number of likely N-dealkylation sites (tertiary alicyclic amines) is 2. The molecule has 3 aliphatic heterocycles. The summed E-state index contributed by atoms with van der Waals surface area (Å²) >= 11 is 0. The average molecular weight is 344 g/mol. The molecule has 3 fully saturated rings. The highest BCUT2D eigenvalue weighted by Gasteiger charge is 2.49. The molecule has 1 aromatic rings. The predicted octanol–water partition coefficient (Wildman–Crippen LogP) is 1.11. The van der Waals surface area contributed by atoms with Crippen LogP contribution in [0.5, 0.6) is 0 Å². The molecule has 3 aliphatic rings. The quantitative estimate of drug-likeness (QED) is 0.821. The summed E-state index contributed by atoms with van der Waals surface area (Å²) in [6.45, 7) is 3.63. The highest BCUT2D eigenvalue weighted by Crippen LogP contribution is 2.37. The van der Waals surface area contributed by atoms with Gasteiger partial charge in [-0.2, -0.15) is 0 Å². The van der Waals surface area contributed by atoms with Gasteiger partial charge >= 0.3 is 0 Å². The second-order valence-electron chi connectivity index (χ2n) is 7.45. The number of nitrogens with zero attached hydrogens (tertiary/aromatic N) is 4. The van der Waals surface area contributed by atoms with Crippen molar-refractivity contribution in [2.45, 2.75) is 37.7 Å². The summed E-state index contributed by atoms with van der Waals surface area (Å²) in [7, 11) is 0. The van der Waals surface area contributed by atoms with Crippen molar-refractivity contribution < 1.29 is 14.3 Å². The first-order valence-corrected chi connectivity index (χ1v) is 9.12. The van der Waals surface area contributed by atoms with E-state index in [1.165, 1.54) is 12.4 Å². The van der Waals surface area contributed by atoms with Crippen LogP contribution in [0.15, 0.2) is 18.6 Å². The van der Waals surface area contributed by atoms with Gasteiger partial charge < -0.3 is 14.5 Å². The van der Waals surface area contributed by atoms with E-state index >= 15 is 0 Å². The van der Waals surface area contributed by atoms with Crippen molar-refractivity contribution >= 4 is 11.8 Å². The maximum atomic E-state index is 12.3. The van der Waals surface area contributed by atoms with Gasteiger partial charge in [0.25, 0.3) is 5.91 Å². The summed E-state index contributed by atoms with van der Waals surface area (Å²) in [6, 6.07) is 0. The molecule has 134 valence electrons. The molecule has 1 aromatic heterocycles. The smallest absolute Gasteiger partial charge is 0.274 e. The van der Waals surface area contributed by atoms with Crippen LogP contribution in [0.3, 0.4) is 0 Å². The molecule has 1 spiro atoms. The molecule has 0 radical (unpaired) electrons. The molecular weight excluding hydrogens is 320 g/mol. The molecule has 0 aliphatic carbocycles. The van der Waals surface area contributed by atoms with Crippen molar-refractivity contribution in [3.8, 4) is 0 Å². The first kappa shape index (κ1) is 16.4. The molecular formula is C18H24N4O3. The van der Waals surface area contributed by atoms with Crippen LogP contribution in [0.2, 0.25) is 0 Å². The average Bonchev–Trinajstić information content (AvgIpc) is 2.63. The fourth-order valence-electron chi connectivity index (χ4n) is 4.04. The number of amides is 2. The molecule has 2 amide bonds. The van der Waals surface area contributed by atoms with Crippen LogP contribution in [0.25, 0.3) is 0 Å². The van der Waals surface area contributed by atoms with Crippen LogP contribution in [0.4, 0.5) is 0 Å². The Kier molecular flexibility index (Phi) is 4.41. The lowest BCUT2D eigenvalue weighted by Crippen LogP contribution is -2.66. The summed E-state index contributed by atoms with van der Waals surface area (Å²) in [6.07, 6.45) is 9.43. The Labute approximate surface area is 147 Å². The Morgan fingerprint density at radius 3 is 2.88 bits per heavy atom. The Bertz CT molecular complexity index is 635. The molecule has 4 rings (SSSR count). The van der Waals surface area contributed by atoms with Gasteiger partial charge in [0.05, 0.1) is 25.9 Å². The van der Waals surface area contributed by atoms with Crippen molar-refractivity contribution in [1.82, 2.24) is 19.8 Å². The molecule has 0 saturated carbocycles. The van der Waals surface area contributed by atoms with Gasteiger partial charge in [-0.15, -0.1) is 0 Å². The minimum absolute atomic E-state index is 0.0802. The van der Waals surface area contributed by atoms with E-state index in [1.807, 2.05) is 4.90 Å². The minimum Gasteiger partial charge on any atom is -0.371 e. The first-order valence-electron chi connectivity index (χ1n) is 9.12. The first-order chi connectivity index (χ1) is 12.2. The van der Waals surface area contributed by atoms with Gasteiger partial charge in [-0.05, 0) is 25.7 Å². The van der Waals surface area contributed by atoms with Crippen LogP contribution >= 0.6 is 0 Å². The minimum atomic E-state index is -0.194. The molecule has 0 N–H and O–H groups in total. The van der Waals surface area contributed by atoms with Crippen LogP contribution in [0.1, 0.15) is 42.6 Å². The van der Waals surface area contributed by atoms with Gasteiger partial charge in [0.1, 0.15) is 11.3 Å². The summed E-state index contributed by atoms with van der Waals surface area (Å²) in [5.74, 6) is 0.622. The Balaban J connectivity index is 1.26. The molecule has 3 saturated heterocycles. The van der Waals surface area contributed by atoms with Gasteiger partial charge in [-0.3, -0.25) is 14.6 Å². The third kappa shape index (κ3) is 3.38. The van der Waals surface area contributed by atoms with Crippen molar-refractivity contribution in [2.24, 2.45) is 5.92 Å². The van der Waals surface area contributed by atoms with Gasteiger partial charge in [-0.25, -0.2) is 4.98 Å². The number of hydrogen-bond acceptors (Lipinski definition) is 5. The highest BCUT2D eigenvalue weighted by molar-refractivity contribution is 5.92. The molecule has 0 aromatic carbocycles. The molecule has 7 nitrogen and oxygen atoms in total. The summed E-state index contributed by atoms with van der Waals surface area (Å²) < 4.78 is 6.14. The summed E-state index contributed by atoms with van der Waals surface area (Å²) in [5, 5.41) is 0. The number of ether oxygens (including phenoxy) is 1. The zero-order valence-electron chi connectivity index (χ0n) is 14.4. The predicted molar refractivity (Wildman–Crippen MR) is 89.8 cm³/mol. The maximum Gasteiger partial charge on any atom is 0.274 e. The molecule has 0 unspecified atom stereocenters. The zero-order chi connectivity index (χ0) is 17.3. The summed E-state index contributed by atoms with van der Waals surface area (Å²) in [4.78, 5) is 36.1. The fourth-order valence-corrected chi connectivity index (χ4v) is 4.04. The maximum absolute atomic E-state index is 12.3. The lowest BCUT2D eigenvalue weighted by Gasteiger charge is -2.52. The van der Waals surface area contributed by atoms with Crippen molar-refractivity contribution in [1.29, 1.82) is 0 Å². The van der Waals surface area contributed by atoms with Gasteiger partial charge in [0.15, 0.2) is 0 Å². The van der Waals surface area contributed by atoms with Crippen LogP contribution in [-0.2, 0) is 9.53 Å². The Hall–Kier alpha value is -2.02. The molecule has 25 heavy (non-hydrogen) atoms. The lowest BCUT2D eigenvalue weighted by atomic mass is 9.82. The van der Waals surface area contributed by atoms with E-state index in [1.54, 1.807) is 11.1 Å². The van der Waals surface area contributed by atoms with Gasteiger partial charge in [0.2, 0.25) is 5.91 Å². The SMILES string of the molecule is O=C1CCCCN1C[C@H]1CCC2(CN(C(=O)c3cnccn3)C2)OC1. The third-order valence-corrected chi connectivity index (χ3v) is 5.56. The van der Waals surface area contributed by atoms with Gasteiger partial charge in [-0.1, -0.05) is 0 Å². The van der Waals surface area contributed by atoms with E-state index in [0.29, 0.717) is 37.7 Å². The monoisotopic (exact) mass is 344 g/mol. The molecule has 0 bridgehead atoms. The number of rotatable bonds is 3. The number of piperidine rings is 1. The Morgan fingerprint density at radius 2 is 2.20 bits per heavy atom. The van der Waals surface area contributed by atoms with E-state index in [9.17, 15) is 9.59 Å². The van der Waals surface area contributed by atoms with Crippen LogP contribution < -0.4 is 0 Å². The van der Waals surface area contributed by atoms with Gasteiger partial charge in [0, 0.05) is 37.8 Å². The largest absolute Gasteiger partial charge is 0.371 e. The highest BCUT2D eigenvalue weighted by atomic mass is 16.5. The van der Waals surface area contributed by atoms with Crippen LogP contribution in [0, 0.1) is 5.92 Å². The molecule has 4 heterocycles. The number of carbonyl (C=O) groups excluding carboxylic acids is 2. The number of carbonyl (C=O) groups is 2. The Morgan fingerprint density at radius 1 is 1.32 bits per heavy atom. The van der Waals surface area contributed by atoms with E-state index in [2.05, 4.69) is 9.97 Å². The third-order valence-electron chi connectivity index (χ3n) is 5.56. The standard InChI is InChI=1S/C18H24N4O3/c23-16-3-1-2-8-21(16)10-14-4-5-18(25-11-14)12-22(13-18)17(24)15-9-19-6-7-20-15/h6-7,9,14H,1-5,8,10-13H2/t14-/m1/s1. The van der Waals surface area contributed by atoms with E-state index < -0.39 is 0 Å². The topological polar surface area (TPSA) is 75.6 Å². The second kappa shape index (κ2) is 6.71.